The summed E-state index contributed by atoms with van der Waals surface area (Å²) in [6.07, 6.45) is 4.32. The molecule has 2 aromatic heterocycles. The van der Waals surface area contributed by atoms with E-state index in [1.54, 1.807) is 48.5 Å². The minimum Gasteiger partial charge on any atom is -0.505 e. The summed E-state index contributed by atoms with van der Waals surface area (Å²) in [5.41, 5.74) is 3.48. The smallest absolute Gasteiger partial charge is 0.259 e. The van der Waals surface area contributed by atoms with Crippen molar-refractivity contribution in [1.29, 1.82) is 5.26 Å². The molecule has 4 aromatic carbocycles. The average molecular weight is 608 g/mol. The lowest BCUT2D eigenvalue weighted by molar-refractivity contribution is 0.101. The fourth-order valence-electron chi connectivity index (χ4n) is 4.63. The highest BCUT2D eigenvalue weighted by Gasteiger charge is 2.21. The third-order valence-corrected chi connectivity index (χ3v) is 7.06. The highest BCUT2D eigenvalue weighted by molar-refractivity contribution is 6.13. The molecule has 3 N–H and O–H groups in total. The summed E-state index contributed by atoms with van der Waals surface area (Å²) >= 11 is 0. The zero-order valence-electron chi connectivity index (χ0n) is 24.6. The molecule has 12 heteroatoms. The van der Waals surface area contributed by atoms with E-state index in [0.29, 0.717) is 27.7 Å². The van der Waals surface area contributed by atoms with Crippen LogP contribution in [0.2, 0.25) is 0 Å². The SMILES string of the molecule is Cc1ccc(NC(=O)c2ccc3c(/N=N/c4c(C#N)cnn4-c4ncccn4)c(O)c(C(=O)Nc4ccc(C)cc4)cc3c2)cc1. The molecule has 0 spiro atoms. The van der Waals surface area contributed by atoms with Gasteiger partial charge in [-0.2, -0.15) is 15.0 Å². The molecule has 0 unspecified atom stereocenters. The second-order valence-electron chi connectivity index (χ2n) is 10.4. The van der Waals surface area contributed by atoms with E-state index in [2.05, 4.69) is 35.9 Å². The van der Waals surface area contributed by atoms with E-state index < -0.39 is 11.7 Å². The van der Waals surface area contributed by atoms with E-state index in [1.807, 2.05) is 44.2 Å². The maximum Gasteiger partial charge on any atom is 0.259 e. The second-order valence-corrected chi connectivity index (χ2v) is 10.4. The molecule has 0 bridgehead atoms. The van der Waals surface area contributed by atoms with Crippen molar-refractivity contribution < 1.29 is 14.7 Å². The van der Waals surface area contributed by atoms with E-state index >= 15 is 0 Å². The first kappa shape index (κ1) is 29.3. The van der Waals surface area contributed by atoms with Crippen molar-refractivity contribution in [3.63, 3.8) is 0 Å². The number of aryl methyl sites for hydroxylation is 2. The first-order chi connectivity index (χ1) is 22.3. The van der Waals surface area contributed by atoms with Gasteiger partial charge in [0.05, 0.1) is 11.8 Å². The summed E-state index contributed by atoms with van der Waals surface area (Å²) in [6, 6.07) is 24.5. The maximum absolute atomic E-state index is 13.5. The van der Waals surface area contributed by atoms with Crippen molar-refractivity contribution in [2.24, 2.45) is 10.2 Å². The molecule has 6 rings (SSSR count). The lowest BCUT2D eigenvalue weighted by Gasteiger charge is -2.13. The molecule has 0 radical (unpaired) electrons. The fourth-order valence-corrected chi connectivity index (χ4v) is 4.63. The van der Waals surface area contributed by atoms with Gasteiger partial charge in [0.2, 0.25) is 0 Å². The third kappa shape index (κ3) is 6.01. The highest BCUT2D eigenvalue weighted by atomic mass is 16.3. The van der Waals surface area contributed by atoms with Crippen LogP contribution in [0.5, 0.6) is 5.75 Å². The second kappa shape index (κ2) is 12.5. The number of rotatable bonds is 7. The Hall–Kier alpha value is -6.74. The van der Waals surface area contributed by atoms with Gasteiger partial charge in [0, 0.05) is 34.7 Å². The van der Waals surface area contributed by atoms with Gasteiger partial charge in [0.1, 0.15) is 17.3 Å². The Bertz CT molecular complexity index is 2170. The molecule has 0 saturated carbocycles. The quantitative estimate of drug-likeness (QED) is 0.165. The average Bonchev–Trinajstić information content (AvgIpc) is 3.49. The van der Waals surface area contributed by atoms with E-state index in [-0.39, 0.29) is 34.5 Å². The lowest BCUT2D eigenvalue weighted by Crippen LogP contribution is -2.13. The number of fused-ring (bicyclic) bond motifs is 1. The van der Waals surface area contributed by atoms with E-state index in [9.17, 15) is 20.0 Å². The summed E-state index contributed by atoms with van der Waals surface area (Å²) < 4.78 is 1.24. The van der Waals surface area contributed by atoms with Gasteiger partial charge in [0.15, 0.2) is 11.6 Å². The van der Waals surface area contributed by atoms with Crippen molar-refractivity contribution in [3.8, 4) is 17.8 Å². The number of carbonyl (C=O) groups is 2. The number of aromatic hydroxyl groups is 1. The number of hydrogen-bond acceptors (Lipinski definition) is 9. The summed E-state index contributed by atoms with van der Waals surface area (Å²) in [5.74, 6) is -1.24. The van der Waals surface area contributed by atoms with Crippen molar-refractivity contribution in [2.75, 3.05) is 10.6 Å². The lowest BCUT2D eigenvalue weighted by atomic mass is 10.00. The predicted octanol–water partition coefficient (Wildman–Crippen LogP) is 6.93. The summed E-state index contributed by atoms with van der Waals surface area (Å²) in [4.78, 5) is 35.0. The molecule has 0 aliphatic rings. The van der Waals surface area contributed by atoms with Crippen LogP contribution in [0.4, 0.5) is 22.9 Å². The number of hydrogen-bond donors (Lipinski definition) is 3. The Balaban J connectivity index is 1.45. The normalized spacial score (nSPS) is 11.0. The minimum atomic E-state index is -0.602. The number of amides is 2. The minimum absolute atomic E-state index is 0.0184. The number of phenols is 1. The van der Waals surface area contributed by atoms with Gasteiger partial charge in [-0.25, -0.2) is 9.97 Å². The molecule has 46 heavy (non-hydrogen) atoms. The van der Waals surface area contributed by atoms with Crippen LogP contribution in [0, 0.1) is 25.2 Å². The third-order valence-electron chi connectivity index (χ3n) is 7.06. The predicted molar refractivity (Wildman–Crippen MR) is 172 cm³/mol. The molecule has 2 heterocycles. The Morgan fingerprint density at radius 1 is 0.848 bits per heavy atom. The number of aromatic nitrogens is 4. The number of phenolic OH excluding ortho intramolecular Hbond substituents is 1. The number of nitrogens with one attached hydrogen (secondary N) is 2. The summed E-state index contributed by atoms with van der Waals surface area (Å²) in [5, 5.41) is 40.3. The van der Waals surface area contributed by atoms with Crippen molar-refractivity contribution in [1.82, 2.24) is 19.7 Å². The topological polar surface area (TPSA) is 171 Å². The first-order valence-electron chi connectivity index (χ1n) is 14.0. The van der Waals surface area contributed by atoms with Crippen molar-refractivity contribution >= 4 is 45.5 Å². The van der Waals surface area contributed by atoms with Gasteiger partial charge in [-0.1, -0.05) is 41.5 Å². The number of anilines is 2. The fraction of sp³-hybridized carbons (Fsp3) is 0.0588. The van der Waals surface area contributed by atoms with E-state index in [0.717, 1.165) is 11.1 Å². The number of carbonyl (C=O) groups excluding carboxylic acids is 2. The molecule has 0 atom stereocenters. The first-order valence-corrected chi connectivity index (χ1v) is 14.0. The molecule has 0 fully saturated rings. The van der Waals surface area contributed by atoms with Crippen LogP contribution < -0.4 is 10.6 Å². The molecular formula is C34H25N9O3. The number of nitrogens with zero attached hydrogens (tertiary/aromatic N) is 7. The van der Waals surface area contributed by atoms with Crippen molar-refractivity contribution in [2.45, 2.75) is 13.8 Å². The highest BCUT2D eigenvalue weighted by Crippen LogP contribution is 2.40. The Morgan fingerprint density at radius 3 is 2.11 bits per heavy atom. The molecule has 12 nitrogen and oxygen atoms in total. The Kier molecular flexibility index (Phi) is 7.95. The van der Waals surface area contributed by atoms with Crippen LogP contribution in [-0.4, -0.2) is 36.7 Å². The molecule has 0 saturated heterocycles. The van der Waals surface area contributed by atoms with Crippen LogP contribution in [-0.2, 0) is 0 Å². The van der Waals surface area contributed by atoms with E-state index in [4.69, 9.17) is 0 Å². The van der Waals surface area contributed by atoms with Crippen LogP contribution in [0.1, 0.15) is 37.4 Å². The van der Waals surface area contributed by atoms with Gasteiger partial charge < -0.3 is 15.7 Å². The number of nitriles is 1. The van der Waals surface area contributed by atoms with Crippen LogP contribution >= 0.6 is 0 Å². The van der Waals surface area contributed by atoms with Gasteiger partial charge >= 0.3 is 0 Å². The van der Waals surface area contributed by atoms with Crippen LogP contribution in [0.3, 0.4) is 0 Å². The summed E-state index contributed by atoms with van der Waals surface area (Å²) in [7, 11) is 0. The van der Waals surface area contributed by atoms with Gasteiger partial charge in [0.25, 0.3) is 17.8 Å². The van der Waals surface area contributed by atoms with Crippen LogP contribution in [0.25, 0.3) is 16.7 Å². The largest absolute Gasteiger partial charge is 0.505 e. The van der Waals surface area contributed by atoms with E-state index in [1.165, 1.54) is 29.3 Å². The maximum atomic E-state index is 13.5. The van der Waals surface area contributed by atoms with Gasteiger partial charge in [-0.15, -0.1) is 10.2 Å². The molecule has 2 amide bonds. The summed E-state index contributed by atoms with van der Waals surface area (Å²) in [6.45, 7) is 3.88. The van der Waals surface area contributed by atoms with Crippen LogP contribution in [0.15, 0.2) is 108 Å². The van der Waals surface area contributed by atoms with Gasteiger partial charge in [-0.3, -0.25) is 9.59 Å². The van der Waals surface area contributed by atoms with Gasteiger partial charge in [-0.05, 0) is 67.8 Å². The molecule has 6 aromatic rings. The molecule has 0 aliphatic heterocycles. The van der Waals surface area contributed by atoms with Crippen molar-refractivity contribution in [3.05, 3.63) is 125 Å². The molecule has 224 valence electrons. The molecular weight excluding hydrogens is 582 g/mol. The number of azo groups is 1. The zero-order chi connectivity index (χ0) is 32.2. The zero-order valence-corrected chi connectivity index (χ0v) is 24.6. The Labute approximate surface area is 262 Å². The number of benzene rings is 4. The standard InChI is InChI=1S/C34H25N9O3/c1-20-4-9-25(10-5-20)39-32(45)22-8-13-27-23(16-22)17-28(33(46)40-26-11-6-21(2)7-12-26)30(44)29(27)41-42-31-24(18-35)19-38-43(31)34-36-14-3-15-37-34/h3-17,19,44H,1-2H3,(H,39,45)(H,40,46)/b42-41+. The monoisotopic (exact) mass is 607 g/mol. The Morgan fingerprint density at radius 2 is 1.48 bits per heavy atom. The molecule has 0 aliphatic carbocycles.